The van der Waals surface area contributed by atoms with Crippen molar-refractivity contribution in [3.8, 4) is 0 Å². The minimum atomic E-state index is 0.359. The van der Waals surface area contributed by atoms with Crippen LogP contribution in [0.4, 0.5) is 0 Å². The number of piperazine rings is 1. The zero-order valence-electron chi connectivity index (χ0n) is 14.0. The number of hydrogen-bond donors (Lipinski definition) is 0. The van der Waals surface area contributed by atoms with Crippen molar-refractivity contribution in [2.45, 2.75) is 84.8 Å². The van der Waals surface area contributed by atoms with Crippen molar-refractivity contribution in [3.05, 3.63) is 0 Å². The molecule has 2 nitrogen and oxygen atoms in total. The number of likely N-dealkylation sites (tertiary alicyclic amines) is 2. The molecule has 2 aliphatic heterocycles. The van der Waals surface area contributed by atoms with Crippen LogP contribution in [0.5, 0.6) is 0 Å². The number of unbranched alkanes of at least 4 members (excludes halogenated alkanes) is 1. The monoisotopic (exact) mass is 266 g/mol. The molecule has 2 bridgehead atoms. The summed E-state index contributed by atoms with van der Waals surface area (Å²) in [4.78, 5) is 5.49. The van der Waals surface area contributed by atoms with Gasteiger partial charge >= 0.3 is 0 Å². The van der Waals surface area contributed by atoms with Crippen molar-refractivity contribution in [2.75, 3.05) is 19.6 Å². The fourth-order valence-electron chi connectivity index (χ4n) is 3.82. The van der Waals surface area contributed by atoms with Gasteiger partial charge in [0.25, 0.3) is 0 Å². The molecule has 2 aliphatic rings. The predicted octanol–water partition coefficient (Wildman–Crippen LogP) is 3.76. The third-order valence-corrected chi connectivity index (χ3v) is 4.84. The molecular weight excluding hydrogens is 232 g/mol. The summed E-state index contributed by atoms with van der Waals surface area (Å²) in [5.74, 6) is 0. The van der Waals surface area contributed by atoms with Crippen LogP contribution in [0.3, 0.4) is 0 Å². The second-order valence-corrected chi connectivity index (χ2v) is 8.88. The van der Waals surface area contributed by atoms with Gasteiger partial charge in [0.05, 0.1) is 0 Å². The van der Waals surface area contributed by atoms with E-state index in [2.05, 4.69) is 51.3 Å². The summed E-state index contributed by atoms with van der Waals surface area (Å²) < 4.78 is 0. The highest BCUT2D eigenvalue weighted by Gasteiger charge is 2.46. The van der Waals surface area contributed by atoms with E-state index in [4.69, 9.17) is 0 Å². The molecule has 0 amide bonds. The first-order valence-electron chi connectivity index (χ1n) is 8.18. The molecule has 0 aromatic heterocycles. The van der Waals surface area contributed by atoms with Gasteiger partial charge in [-0.1, -0.05) is 27.2 Å². The molecule has 2 heterocycles. The largest absolute Gasteiger partial charge is 0.297 e. The third-order valence-electron chi connectivity index (χ3n) is 4.84. The molecule has 0 radical (unpaired) electrons. The molecule has 112 valence electrons. The van der Waals surface area contributed by atoms with Crippen molar-refractivity contribution in [1.29, 1.82) is 0 Å². The first-order chi connectivity index (χ1) is 8.67. The van der Waals surface area contributed by atoms with Crippen LogP contribution in [-0.2, 0) is 0 Å². The number of nitrogens with zero attached hydrogens (tertiary/aromatic N) is 2. The van der Waals surface area contributed by atoms with Gasteiger partial charge in [0.2, 0.25) is 0 Å². The van der Waals surface area contributed by atoms with E-state index in [1.807, 2.05) is 0 Å². The zero-order chi connectivity index (χ0) is 14.3. The van der Waals surface area contributed by atoms with E-state index in [9.17, 15) is 0 Å². The second kappa shape index (κ2) is 5.37. The Bertz CT molecular complexity index is 297. The summed E-state index contributed by atoms with van der Waals surface area (Å²) in [6.45, 7) is 18.1. The lowest BCUT2D eigenvalue weighted by Crippen LogP contribution is -2.53. The van der Waals surface area contributed by atoms with Crippen LogP contribution in [0.1, 0.15) is 67.2 Å². The lowest BCUT2D eigenvalue weighted by Gasteiger charge is -2.42. The SMILES string of the molecule is CC(C)(C)CCCCN1C[C@@H]2C[C@H]1CN2C(C)(C)C. The highest BCUT2D eigenvalue weighted by Crippen LogP contribution is 2.35. The van der Waals surface area contributed by atoms with Gasteiger partial charge in [0.15, 0.2) is 0 Å². The lowest BCUT2D eigenvalue weighted by atomic mass is 9.90. The standard InChI is InChI=1S/C17H34N2/c1-16(2,3)9-7-8-10-18-12-15-11-14(18)13-19(15)17(4,5)6/h14-15H,7-13H2,1-6H3/t14-,15-/m0/s1. The Morgan fingerprint density at radius 2 is 1.58 bits per heavy atom. The Balaban J connectivity index is 1.70. The second-order valence-electron chi connectivity index (χ2n) is 8.88. The van der Waals surface area contributed by atoms with E-state index < -0.39 is 0 Å². The zero-order valence-corrected chi connectivity index (χ0v) is 14.0. The van der Waals surface area contributed by atoms with Crippen LogP contribution in [-0.4, -0.2) is 47.1 Å². The Hall–Kier alpha value is -0.0800. The molecule has 19 heavy (non-hydrogen) atoms. The van der Waals surface area contributed by atoms with Crippen LogP contribution in [0.2, 0.25) is 0 Å². The molecule has 2 atom stereocenters. The van der Waals surface area contributed by atoms with E-state index in [0.717, 1.165) is 12.1 Å². The van der Waals surface area contributed by atoms with Crippen molar-refractivity contribution >= 4 is 0 Å². The van der Waals surface area contributed by atoms with Gasteiger partial charge in [-0.3, -0.25) is 9.80 Å². The van der Waals surface area contributed by atoms with Crippen LogP contribution in [0.25, 0.3) is 0 Å². The van der Waals surface area contributed by atoms with E-state index in [-0.39, 0.29) is 0 Å². The van der Waals surface area contributed by atoms with Crippen LogP contribution in [0, 0.1) is 5.41 Å². The highest BCUT2D eigenvalue weighted by molar-refractivity contribution is 5.03. The molecule has 2 fully saturated rings. The van der Waals surface area contributed by atoms with Crippen LogP contribution < -0.4 is 0 Å². The van der Waals surface area contributed by atoms with Crippen LogP contribution >= 0.6 is 0 Å². The Kier molecular flexibility index (Phi) is 4.32. The van der Waals surface area contributed by atoms with Gasteiger partial charge in [-0.2, -0.15) is 0 Å². The minimum Gasteiger partial charge on any atom is -0.297 e. The minimum absolute atomic E-state index is 0.359. The van der Waals surface area contributed by atoms with Crippen molar-refractivity contribution in [1.82, 2.24) is 9.80 Å². The predicted molar refractivity (Wildman–Crippen MR) is 83.5 cm³/mol. The molecule has 0 unspecified atom stereocenters. The first kappa shape index (κ1) is 15.3. The average Bonchev–Trinajstić information content (AvgIpc) is 2.80. The first-order valence-corrected chi connectivity index (χ1v) is 8.18. The summed E-state index contributed by atoms with van der Waals surface area (Å²) >= 11 is 0. The molecule has 0 spiro atoms. The van der Waals surface area contributed by atoms with Gasteiger partial charge in [-0.25, -0.2) is 0 Å². The van der Waals surface area contributed by atoms with Gasteiger partial charge in [0, 0.05) is 30.7 Å². The molecule has 2 saturated heterocycles. The maximum Gasteiger partial charge on any atom is 0.0244 e. The Labute approximate surface area is 120 Å². The number of fused-ring (bicyclic) bond motifs is 2. The summed E-state index contributed by atoms with van der Waals surface area (Å²) in [5, 5.41) is 0. The summed E-state index contributed by atoms with van der Waals surface area (Å²) in [6.07, 6.45) is 5.55. The maximum absolute atomic E-state index is 2.76. The fraction of sp³-hybridized carbons (Fsp3) is 1.00. The Morgan fingerprint density at radius 3 is 2.05 bits per heavy atom. The van der Waals surface area contributed by atoms with Gasteiger partial charge in [-0.15, -0.1) is 0 Å². The average molecular weight is 266 g/mol. The molecule has 0 aromatic carbocycles. The van der Waals surface area contributed by atoms with Crippen molar-refractivity contribution < 1.29 is 0 Å². The van der Waals surface area contributed by atoms with Gasteiger partial charge in [0.1, 0.15) is 0 Å². The molecule has 0 saturated carbocycles. The molecule has 0 aliphatic carbocycles. The molecule has 2 heteroatoms. The van der Waals surface area contributed by atoms with E-state index in [1.54, 1.807) is 0 Å². The smallest absolute Gasteiger partial charge is 0.0244 e. The van der Waals surface area contributed by atoms with Gasteiger partial charge < -0.3 is 0 Å². The fourth-order valence-corrected chi connectivity index (χ4v) is 3.82. The summed E-state index contributed by atoms with van der Waals surface area (Å²) in [5.41, 5.74) is 0.866. The van der Waals surface area contributed by atoms with E-state index in [1.165, 1.54) is 45.3 Å². The normalized spacial score (nSPS) is 29.4. The molecule has 2 rings (SSSR count). The molecule has 0 N–H and O–H groups in total. The van der Waals surface area contributed by atoms with Crippen LogP contribution in [0.15, 0.2) is 0 Å². The maximum atomic E-state index is 2.76. The number of hydrogen-bond acceptors (Lipinski definition) is 2. The molecule has 0 aromatic rings. The van der Waals surface area contributed by atoms with Gasteiger partial charge in [-0.05, 0) is 52.0 Å². The summed E-state index contributed by atoms with van der Waals surface area (Å²) in [6, 6.07) is 1.67. The highest BCUT2D eigenvalue weighted by atomic mass is 15.4. The van der Waals surface area contributed by atoms with E-state index in [0.29, 0.717) is 11.0 Å². The lowest BCUT2D eigenvalue weighted by molar-refractivity contribution is 0.0566. The van der Waals surface area contributed by atoms with E-state index >= 15 is 0 Å². The van der Waals surface area contributed by atoms with Crippen molar-refractivity contribution in [2.24, 2.45) is 5.41 Å². The topological polar surface area (TPSA) is 6.48 Å². The number of rotatable bonds is 4. The molecular formula is C17H34N2. The van der Waals surface area contributed by atoms with Crippen molar-refractivity contribution in [3.63, 3.8) is 0 Å². The third kappa shape index (κ3) is 3.95. The Morgan fingerprint density at radius 1 is 0.895 bits per heavy atom. The quantitative estimate of drug-likeness (QED) is 0.715. The summed E-state index contributed by atoms with van der Waals surface area (Å²) in [7, 11) is 0.